The Labute approximate surface area is 255 Å². The van der Waals surface area contributed by atoms with Crippen LogP contribution in [0.2, 0.25) is 0 Å². The van der Waals surface area contributed by atoms with E-state index in [4.69, 9.17) is 10.5 Å². The van der Waals surface area contributed by atoms with E-state index in [0.717, 1.165) is 35.2 Å². The lowest BCUT2D eigenvalue weighted by Crippen LogP contribution is -2.57. The molecule has 8 nitrogen and oxygen atoms in total. The van der Waals surface area contributed by atoms with Crippen LogP contribution in [0.4, 0.5) is 0 Å². The predicted molar refractivity (Wildman–Crippen MR) is 169 cm³/mol. The Morgan fingerprint density at radius 1 is 1.12 bits per heavy atom. The molecule has 0 spiro atoms. The molecular formula is C35H44N4O4. The molecule has 2 amide bonds. The average Bonchev–Trinajstić information content (AvgIpc) is 3.51. The maximum Gasteiger partial charge on any atom is 0.248 e. The molecule has 5 atom stereocenters. The maximum atomic E-state index is 13.9. The summed E-state index contributed by atoms with van der Waals surface area (Å²) in [6.07, 6.45) is 7.53. The summed E-state index contributed by atoms with van der Waals surface area (Å²) in [5.74, 6) is -0.601. The standard InChI is InChI=1S/C35H44N4O4/c1-25(36)33(41)38-32(26(2)43-23-27-11-5-4-6-12-27)34(42)39-20-10-15-30(39)17-18-35(3,24-40)22-28-13-9-14-29(21-28)31-16-7-8-19-37-31/h4-9,11-14,16-19,21,25-26,30,32,40H,10,15,20,22-24,36H2,1-3H3,(H,38,41)/t25-,26?,30-,32-,35-/m0/s1. The van der Waals surface area contributed by atoms with Crippen molar-refractivity contribution in [1.82, 2.24) is 15.2 Å². The third-order valence-electron chi connectivity index (χ3n) is 7.96. The first-order valence-electron chi connectivity index (χ1n) is 15.0. The van der Waals surface area contributed by atoms with E-state index in [1.165, 1.54) is 0 Å². The fourth-order valence-corrected chi connectivity index (χ4v) is 5.36. The number of nitrogens with one attached hydrogen (secondary N) is 1. The van der Waals surface area contributed by atoms with Crippen molar-refractivity contribution in [2.75, 3.05) is 13.2 Å². The molecule has 228 valence electrons. The van der Waals surface area contributed by atoms with Crippen LogP contribution in [-0.4, -0.2) is 64.2 Å². The van der Waals surface area contributed by atoms with Crippen LogP contribution in [0.15, 0.2) is 91.1 Å². The van der Waals surface area contributed by atoms with Gasteiger partial charge in [-0.1, -0.05) is 73.7 Å². The number of carbonyl (C=O) groups is 2. The van der Waals surface area contributed by atoms with Gasteiger partial charge in [0.15, 0.2) is 0 Å². The lowest BCUT2D eigenvalue weighted by molar-refractivity contribution is -0.141. The molecule has 2 aromatic carbocycles. The van der Waals surface area contributed by atoms with Gasteiger partial charge in [0.05, 0.1) is 37.1 Å². The quantitative estimate of drug-likeness (QED) is 0.258. The number of rotatable bonds is 13. The molecule has 4 rings (SSSR count). The van der Waals surface area contributed by atoms with Crippen LogP contribution < -0.4 is 11.1 Å². The van der Waals surface area contributed by atoms with Crippen LogP contribution in [0.3, 0.4) is 0 Å². The van der Waals surface area contributed by atoms with E-state index in [1.807, 2.05) is 84.6 Å². The van der Waals surface area contributed by atoms with Crippen LogP contribution in [-0.2, 0) is 27.4 Å². The fourth-order valence-electron chi connectivity index (χ4n) is 5.36. The van der Waals surface area contributed by atoms with Gasteiger partial charge in [-0.15, -0.1) is 0 Å². The van der Waals surface area contributed by atoms with E-state index in [2.05, 4.69) is 22.4 Å². The van der Waals surface area contributed by atoms with Crippen LogP contribution >= 0.6 is 0 Å². The monoisotopic (exact) mass is 584 g/mol. The van der Waals surface area contributed by atoms with E-state index in [1.54, 1.807) is 20.0 Å². The van der Waals surface area contributed by atoms with E-state index < -0.39 is 29.5 Å². The summed E-state index contributed by atoms with van der Waals surface area (Å²) in [7, 11) is 0. The van der Waals surface area contributed by atoms with Gasteiger partial charge in [-0.25, -0.2) is 0 Å². The third-order valence-corrected chi connectivity index (χ3v) is 7.96. The number of hydrogen-bond acceptors (Lipinski definition) is 6. The molecule has 0 aliphatic carbocycles. The Bertz CT molecular complexity index is 1360. The summed E-state index contributed by atoms with van der Waals surface area (Å²) >= 11 is 0. The number of likely N-dealkylation sites (tertiary alicyclic amines) is 1. The number of nitrogens with zero attached hydrogens (tertiary/aromatic N) is 2. The van der Waals surface area contributed by atoms with Crippen LogP contribution in [0.1, 0.15) is 44.7 Å². The van der Waals surface area contributed by atoms with Gasteiger partial charge in [0, 0.05) is 23.7 Å². The van der Waals surface area contributed by atoms with Crippen LogP contribution in [0.25, 0.3) is 11.3 Å². The summed E-state index contributed by atoms with van der Waals surface area (Å²) in [4.78, 5) is 32.8. The first-order chi connectivity index (χ1) is 20.7. The maximum absolute atomic E-state index is 13.9. The molecule has 1 aromatic heterocycles. The summed E-state index contributed by atoms with van der Waals surface area (Å²) in [6, 6.07) is 22.0. The zero-order valence-electron chi connectivity index (χ0n) is 25.4. The number of ether oxygens (including phenoxy) is 1. The molecule has 2 heterocycles. The molecule has 0 bridgehead atoms. The Kier molecular flexibility index (Phi) is 11.2. The highest BCUT2D eigenvalue weighted by molar-refractivity contribution is 5.90. The molecule has 1 saturated heterocycles. The van der Waals surface area contributed by atoms with Crippen molar-refractivity contribution >= 4 is 11.8 Å². The molecule has 0 saturated carbocycles. The summed E-state index contributed by atoms with van der Waals surface area (Å²) < 4.78 is 6.07. The molecule has 8 heteroatoms. The highest BCUT2D eigenvalue weighted by Crippen LogP contribution is 2.29. The molecule has 1 aliphatic rings. The number of pyridine rings is 1. The van der Waals surface area contributed by atoms with Gasteiger partial charge in [0.2, 0.25) is 11.8 Å². The number of nitrogens with two attached hydrogens (primary N) is 1. The number of benzene rings is 2. The first kappa shape index (κ1) is 32.1. The van der Waals surface area contributed by atoms with Crippen molar-refractivity contribution in [2.24, 2.45) is 11.1 Å². The number of aliphatic hydroxyl groups is 1. The van der Waals surface area contributed by atoms with E-state index in [0.29, 0.717) is 19.6 Å². The topological polar surface area (TPSA) is 118 Å². The minimum Gasteiger partial charge on any atom is -0.395 e. The molecule has 3 aromatic rings. The lowest BCUT2D eigenvalue weighted by Gasteiger charge is -2.32. The second-order valence-corrected chi connectivity index (χ2v) is 11.8. The molecule has 4 N–H and O–H groups in total. The van der Waals surface area contributed by atoms with Crippen molar-refractivity contribution in [3.05, 3.63) is 102 Å². The van der Waals surface area contributed by atoms with E-state index in [-0.39, 0.29) is 18.6 Å². The SMILES string of the molecule is CC(OCc1ccccc1)[C@H](NC(=O)[C@H](C)N)C(=O)N1CCC[C@H]1C=C[C@](C)(CO)Cc1cccc(-c2ccccn2)c1. The molecule has 43 heavy (non-hydrogen) atoms. The number of aromatic nitrogens is 1. The molecule has 1 unspecified atom stereocenters. The van der Waals surface area contributed by atoms with Crippen LogP contribution in [0, 0.1) is 5.41 Å². The molecule has 0 radical (unpaired) electrons. The molecule has 1 fully saturated rings. The third kappa shape index (κ3) is 8.83. The minimum absolute atomic E-state index is 0.0462. The predicted octanol–water partition coefficient (Wildman–Crippen LogP) is 4.27. The lowest BCUT2D eigenvalue weighted by atomic mass is 9.83. The summed E-state index contributed by atoms with van der Waals surface area (Å²) in [5.41, 5.74) is 9.30. The van der Waals surface area contributed by atoms with Gasteiger partial charge in [-0.2, -0.15) is 0 Å². The van der Waals surface area contributed by atoms with Crippen LogP contribution in [0.5, 0.6) is 0 Å². The summed E-state index contributed by atoms with van der Waals surface area (Å²) in [5, 5.41) is 13.3. The number of carbonyl (C=O) groups excluding carboxylic acids is 2. The minimum atomic E-state index is -0.880. The van der Waals surface area contributed by atoms with E-state index in [9.17, 15) is 14.7 Å². The van der Waals surface area contributed by atoms with Gasteiger partial charge < -0.3 is 25.8 Å². The largest absolute Gasteiger partial charge is 0.395 e. The van der Waals surface area contributed by atoms with Crippen molar-refractivity contribution in [2.45, 2.75) is 70.9 Å². The first-order valence-corrected chi connectivity index (χ1v) is 15.0. The zero-order valence-corrected chi connectivity index (χ0v) is 25.4. The van der Waals surface area contributed by atoms with Gasteiger partial charge in [-0.05, 0) is 62.4 Å². The smallest absolute Gasteiger partial charge is 0.248 e. The zero-order chi connectivity index (χ0) is 30.8. The van der Waals surface area contributed by atoms with Crippen molar-refractivity contribution < 1.29 is 19.4 Å². The Hall–Kier alpha value is -3.85. The second kappa shape index (κ2) is 15.0. The Morgan fingerprint density at radius 2 is 1.86 bits per heavy atom. The van der Waals surface area contributed by atoms with Gasteiger partial charge in [0.25, 0.3) is 0 Å². The summed E-state index contributed by atoms with van der Waals surface area (Å²) in [6.45, 7) is 6.26. The van der Waals surface area contributed by atoms with Crippen molar-refractivity contribution in [3.63, 3.8) is 0 Å². The van der Waals surface area contributed by atoms with Crippen molar-refractivity contribution in [1.29, 1.82) is 0 Å². The fraction of sp³-hybridized carbons (Fsp3) is 0.400. The van der Waals surface area contributed by atoms with Crippen molar-refractivity contribution in [3.8, 4) is 11.3 Å². The molecule has 1 aliphatic heterocycles. The highest BCUT2D eigenvalue weighted by Gasteiger charge is 2.37. The number of hydrogen-bond donors (Lipinski definition) is 3. The van der Waals surface area contributed by atoms with E-state index >= 15 is 0 Å². The number of amides is 2. The van der Waals surface area contributed by atoms with Gasteiger partial charge >= 0.3 is 0 Å². The normalized spacial score (nSPS) is 18.6. The number of aliphatic hydroxyl groups excluding tert-OH is 1. The van der Waals surface area contributed by atoms with Gasteiger partial charge in [-0.3, -0.25) is 14.6 Å². The Morgan fingerprint density at radius 3 is 2.56 bits per heavy atom. The Balaban J connectivity index is 1.47. The average molecular weight is 585 g/mol. The molecular weight excluding hydrogens is 540 g/mol. The second-order valence-electron chi connectivity index (χ2n) is 11.8. The van der Waals surface area contributed by atoms with Gasteiger partial charge in [0.1, 0.15) is 6.04 Å². The highest BCUT2D eigenvalue weighted by atomic mass is 16.5.